The molecule has 8 atom stereocenters. The predicted octanol–water partition coefficient (Wildman–Crippen LogP) is 6.75. The van der Waals surface area contributed by atoms with Gasteiger partial charge in [-0.1, -0.05) is 73.5 Å². The molecule has 0 radical (unpaired) electrons. The highest BCUT2D eigenvalue weighted by Crippen LogP contribution is 2.54. The Morgan fingerprint density at radius 1 is 0.652 bits per heavy atom. The zero-order valence-corrected chi connectivity index (χ0v) is 26.4. The maximum absolute atomic E-state index is 14.0. The Bertz CT molecular complexity index is 1760. The van der Waals surface area contributed by atoms with Crippen LogP contribution in [0.15, 0.2) is 59.7 Å². The summed E-state index contributed by atoms with van der Waals surface area (Å²) >= 11 is 0. The number of ether oxygens (including phenoxy) is 2. The van der Waals surface area contributed by atoms with Crippen molar-refractivity contribution in [3.8, 4) is 11.5 Å². The second-order valence-corrected chi connectivity index (χ2v) is 13.5. The van der Waals surface area contributed by atoms with Gasteiger partial charge in [-0.3, -0.25) is 19.2 Å². The molecule has 2 N–H and O–H groups in total. The van der Waals surface area contributed by atoms with Crippen LogP contribution in [0.3, 0.4) is 0 Å². The van der Waals surface area contributed by atoms with Crippen LogP contribution in [0.25, 0.3) is 21.5 Å². The molecular formula is C38H38O8. The summed E-state index contributed by atoms with van der Waals surface area (Å²) in [5.41, 5.74) is 3.77. The molecule has 3 aromatic rings. The van der Waals surface area contributed by atoms with Crippen molar-refractivity contribution >= 4 is 45.4 Å². The molecule has 0 aromatic heterocycles. The van der Waals surface area contributed by atoms with Gasteiger partial charge in [0.05, 0.1) is 23.7 Å². The van der Waals surface area contributed by atoms with Crippen LogP contribution >= 0.6 is 0 Å². The molecule has 0 heterocycles. The van der Waals surface area contributed by atoms with Gasteiger partial charge in [0.2, 0.25) is 0 Å². The molecule has 8 nitrogen and oxygen atoms in total. The Kier molecular flexibility index (Phi) is 7.29. The van der Waals surface area contributed by atoms with Crippen molar-refractivity contribution < 1.29 is 38.9 Å². The van der Waals surface area contributed by atoms with E-state index in [1.54, 1.807) is 0 Å². The van der Waals surface area contributed by atoms with Gasteiger partial charge >= 0.3 is 23.9 Å². The molecule has 4 aliphatic rings. The Morgan fingerprint density at radius 3 is 1.39 bits per heavy atom. The number of hydrogen-bond donors (Lipinski definition) is 2. The summed E-state index contributed by atoms with van der Waals surface area (Å²) in [6, 6.07) is 11.3. The summed E-state index contributed by atoms with van der Waals surface area (Å²) in [5.74, 6) is -6.55. The number of carbonyl (C=O) groups excluding carboxylic acids is 2. The van der Waals surface area contributed by atoms with Gasteiger partial charge in [-0.25, -0.2) is 0 Å². The third-order valence-corrected chi connectivity index (χ3v) is 11.3. The summed E-state index contributed by atoms with van der Waals surface area (Å²) in [4.78, 5) is 52.8. The number of fused-ring (bicyclic) bond motifs is 6. The fourth-order valence-electron chi connectivity index (χ4n) is 9.23. The van der Waals surface area contributed by atoms with E-state index in [4.69, 9.17) is 9.47 Å². The summed E-state index contributed by atoms with van der Waals surface area (Å²) in [7, 11) is 0. The van der Waals surface area contributed by atoms with Gasteiger partial charge in [0, 0.05) is 21.5 Å². The number of esters is 2. The minimum atomic E-state index is -0.994. The van der Waals surface area contributed by atoms with Crippen molar-refractivity contribution in [3.63, 3.8) is 0 Å². The quantitative estimate of drug-likeness (QED) is 0.122. The predicted molar refractivity (Wildman–Crippen MR) is 171 cm³/mol. The van der Waals surface area contributed by atoms with E-state index in [-0.39, 0.29) is 23.7 Å². The zero-order chi connectivity index (χ0) is 32.6. The van der Waals surface area contributed by atoms with Gasteiger partial charge in [-0.2, -0.15) is 0 Å². The number of benzene rings is 3. The maximum atomic E-state index is 14.0. The van der Waals surface area contributed by atoms with Crippen molar-refractivity contribution in [2.45, 2.75) is 53.4 Å². The molecule has 0 saturated heterocycles. The van der Waals surface area contributed by atoms with Crippen LogP contribution in [0, 0.1) is 47.3 Å². The van der Waals surface area contributed by atoms with E-state index in [2.05, 4.69) is 0 Å². The molecule has 0 aliphatic heterocycles. The highest BCUT2D eigenvalue weighted by Gasteiger charge is 2.56. The third kappa shape index (κ3) is 4.40. The number of aliphatic carboxylic acids is 2. The first-order valence-electron chi connectivity index (χ1n) is 16.3. The van der Waals surface area contributed by atoms with Crippen LogP contribution in [-0.4, -0.2) is 34.1 Å². The lowest BCUT2D eigenvalue weighted by Crippen LogP contribution is -2.36. The maximum Gasteiger partial charge on any atom is 0.315 e. The average Bonchev–Trinajstić information content (AvgIpc) is 3.80. The topological polar surface area (TPSA) is 127 Å². The van der Waals surface area contributed by atoms with Crippen molar-refractivity contribution in [2.75, 3.05) is 0 Å². The number of carboxylic acid groups (broad SMARTS) is 2. The fraction of sp³-hybridized carbons (Fsp3) is 0.421. The summed E-state index contributed by atoms with van der Waals surface area (Å²) in [5, 5.41) is 22.7. The molecule has 46 heavy (non-hydrogen) atoms. The number of carbonyl (C=O) groups is 4. The molecule has 4 bridgehead atoms. The van der Waals surface area contributed by atoms with Crippen molar-refractivity contribution in [2.24, 2.45) is 47.3 Å². The van der Waals surface area contributed by atoms with Crippen LogP contribution in [0.5, 0.6) is 11.5 Å². The number of aryl methyl sites for hydroxylation is 2. The number of allylic oxidation sites excluding steroid dienone is 4. The van der Waals surface area contributed by atoms with Gasteiger partial charge in [0.25, 0.3) is 0 Å². The molecule has 7 rings (SSSR count). The second kappa shape index (κ2) is 11.1. The minimum absolute atomic E-state index is 0.188. The number of rotatable bonds is 8. The van der Waals surface area contributed by atoms with E-state index in [0.29, 0.717) is 58.7 Å². The number of carboxylic acids is 2. The Balaban J connectivity index is 1.38. The molecule has 0 spiro atoms. The SMILES string of the molecule is CCc1cccc2c(OC(=O)C3C4C=C(C)C(C4)C3C(=O)O)c3c(CC)cccc3c(OC(=O)C3C4C=C(C)C(C4)C3C(=O)O)c12. The Labute approximate surface area is 267 Å². The van der Waals surface area contributed by atoms with Gasteiger partial charge in [0.15, 0.2) is 0 Å². The molecular weight excluding hydrogens is 584 g/mol. The molecule has 8 unspecified atom stereocenters. The molecule has 0 amide bonds. The van der Waals surface area contributed by atoms with E-state index in [0.717, 1.165) is 22.3 Å². The van der Waals surface area contributed by atoms with Crippen molar-refractivity contribution in [1.29, 1.82) is 0 Å². The minimum Gasteiger partial charge on any atom is -0.481 e. The van der Waals surface area contributed by atoms with Crippen LogP contribution in [-0.2, 0) is 32.0 Å². The second-order valence-electron chi connectivity index (χ2n) is 13.5. The van der Waals surface area contributed by atoms with Crippen molar-refractivity contribution in [3.05, 3.63) is 70.8 Å². The lowest BCUT2D eigenvalue weighted by Gasteiger charge is -2.27. The van der Waals surface area contributed by atoms with Crippen LogP contribution in [0.1, 0.15) is 51.7 Å². The highest BCUT2D eigenvalue weighted by molar-refractivity contribution is 6.15. The first-order chi connectivity index (χ1) is 22.0. The van der Waals surface area contributed by atoms with Crippen LogP contribution in [0.2, 0.25) is 0 Å². The third-order valence-electron chi connectivity index (χ3n) is 11.3. The zero-order valence-electron chi connectivity index (χ0n) is 26.4. The first-order valence-corrected chi connectivity index (χ1v) is 16.3. The lowest BCUT2D eigenvalue weighted by molar-refractivity contribution is -0.152. The smallest absolute Gasteiger partial charge is 0.315 e. The molecule has 4 aliphatic carbocycles. The fourth-order valence-corrected chi connectivity index (χ4v) is 9.23. The average molecular weight is 623 g/mol. The van der Waals surface area contributed by atoms with Gasteiger partial charge in [-0.15, -0.1) is 0 Å². The molecule has 2 fully saturated rings. The lowest BCUT2D eigenvalue weighted by atomic mass is 9.80. The van der Waals surface area contributed by atoms with E-state index in [9.17, 15) is 29.4 Å². The molecule has 8 heteroatoms. The van der Waals surface area contributed by atoms with Crippen LogP contribution in [0.4, 0.5) is 0 Å². The summed E-state index contributed by atoms with van der Waals surface area (Å²) < 4.78 is 12.7. The number of hydrogen-bond acceptors (Lipinski definition) is 6. The standard InChI is InChI=1S/C38H38O8/c1-5-19-9-7-11-23-27(19)33(45-37(43)29-21-13-17(3)25(15-21)31(29)35(39)40)24-12-8-10-20(6-2)28(24)34(23)46-38(44)30-22-14-18(4)26(16-22)32(30)36(41)42/h7-14,21-22,25-26,29-32H,5-6,15-16H2,1-4H3,(H,39,40)(H,41,42). The van der Waals surface area contributed by atoms with Gasteiger partial charge in [-0.05, 0) is 74.3 Å². The van der Waals surface area contributed by atoms with Gasteiger partial charge in [0.1, 0.15) is 11.5 Å². The summed E-state index contributed by atoms with van der Waals surface area (Å²) in [6.07, 6.45) is 6.46. The van der Waals surface area contributed by atoms with E-state index < -0.39 is 47.5 Å². The first kappa shape index (κ1) is 30.2. The molecule has 3 aromatic carbocycles. The van der Waals surface area contributed by atoms with E-state index >= 15 is 0 Å². The Morgan fingerprint density at radius 2 is 1.04 bits per heavy atom. The normalized spacial score (nSPS) is 29.2. The monoisotopic (exact) mass is 622 g/mol. The van der Waals surface area contributed by atoms with Crippen molar-refractivity contribution in [1.82, 2.24) is 0 Å². The molecule has 2 saturated carbocycles. The summed E-state index contributed by atoms with van der Waals surface area (Å²) in [6.45, 7) is 7.83. The van der Waals surface area contributed by atoms with Crippen LogP contribution < -0.4 is 9.47 Å². The highest BCUT2D eigenvalue weighted by atomic mass is 16.5. The largest absolute Gasteiger partial charge is 0.481 e. The molecule has 238 valence electrons. The van der Waals surface area contributed by atoms with E-state index in [1.165, 1.54) is 0 Å². The Hall–Kier alpha value is -4.46. The van der Waals surface area contributed by atoms with E-state index in [1.807, 2.05) is 76.2 Å². The van der Waals surface area contributed by atoms with Gasteiger partial charge < -0.3 is 19.7 Å².